The SMILES string of the molecule is CCC(C)(C)NC(=O)CN1CC=C(c2ccc(O)cc2)CC1. The van der Waals surface area contributed by atoms with Crippen molar-refractivity contribution < 1.29 is 9.90 Å². The van der Waals surface area contributed by atoms with Crippen LogP contribution in [-0.4, -0.2) is 41.1 Å². The van der Waals surface area contributed by atoms with Gasteiger partial charge in [-0.05, 0) is 50.0 Å². The summed E-state index contributed by atoms with van der Waals surface area (Å²) in [6, 6.07) is 7.30. The summed E-state index contributed by atoms with van der Waals surface area (Å²) in [6.45, 7) is 8.29. The molecule has 1 aromatic rings. The Bertz CT molecular complexity index is 547. The molecular weight excluding hydrogens is 276 g/mol. The molecule has 1 aromatic carbocycles. The van der Waals surface area contributed by atoms with Gasteiger partial charge in [0, 0.05) is 18.6 Å². The fourth-order valence-corrected chi connectivity index (χ4v) is 2.50. The average Bonchev–Trinajstić information content (AvgIpc) is 2.48. The van der Waals surface area contributed by atoms with Crippen molar-refractivity contribution in [3.8, 4) is 5.75 Å². The monoisotopic (exact) mass is 302 g/mol. The topological polar surface area (TPSA) is 52.6 Å². The first-order chi connectivity index (χ1) is 10.4. The van der Waals surface area contributed by atoms with Crippen LogP contribution in [0.1, 0.15) is 39.2 Å². The summed E-state index contributed by atoms with van der Waals surface area (Å²) in [7, 11) is 0. The van der Waals surface area contributed by atoms with Crippen molar-refractivity contribution in [2.75, 3.05) is 19.6 Å². The maximum atomic E-state index is 12.1. The molecule has 0 aliphatic carbocycles. The second-order valence-corrected chi connectivity index (χ2v) is 6.55. The van der Waals surface area contributed by atoms with Crippen molar-refractivity contribution in [1.29, 1.82) is 0 Å². The molecule has 0 aromatic heterocycles. The molecule has 22 heavy (non-hydrogen) atoms. The molecule has 2 N–H and O–H groups in total. The van der Waals surface area contributed by atoms with Crippen LogP contribution in [0.4, 0.5) is 0 Å². The maximum Gasteiger partial charge on any atom is 0.234 e. The van der Waals surface area contributed by atoms with Gasteiger partial charge in [0.15, 0.2) is 0 Å². The van der Waals surface area contributed by atoms with E-state index in [0.29, 0.717) is 6.54 Å². The highest BCUT2D eigenvalue weighted by molar-refractivity contribution is 5.79. The van der Waals surface area contributed by atoms with E-state index in [0.717, 1.165) is 31.5 Å². The quantitative estimate of drug-likeness (QED) is 0.879. The molecule has 4 heteroatoms. The van der Waals surface area contributed by atoms with Gasteiger partial charge in [-0.2, -0.15) is 0 Å². The lowest BCUT2D eigenvalue weighted by Crippen LogP contribution is -2.48. The highest BCUT2D eigenvalue weighted by atomic mass is 16.3. The summed E-state index contributed by atoms with van der Waals surface area (Å²) in [6.07, 6.45) is 4.02. The number of nitrogens with zero attached hydrogens (tertiary/aromatic N) is 1. The number of nitrogens with one attached hydrogen (secondary N) is 1. The van der Waals surface area contributed by atoms with E-state index in [4.69, 9.17) is 0 Å². The summed E-state index contributed by atoms with van der Waals surface area (Å²) in [5.74, 6) is 0.380. The van der Waals surface area contributed by atoms with Gasteiger partial charge >= 0.3 is 0 Å². The van der Waals surface area contributed by atoms with Gasteiger partial charge in [-0.1, -0.05) is 25.1 Å². The minimum atomic E-state index is -0.139. The first-order valence-corrected chi connectivity index (χ1v) is 7.91. The Morgan fingerprint density at radius 2 is 2.00 bits per heavy atom. The summed E-state index contributed by atoms with van der Waals surface area (Å²) in [5.41, 5.74) is 2.29. The number of phenolic OH excluding ortho intramolecular Hbond substituents is 1. The van der Waals surface area contributed by atoms with Gasteiger partial charge in [-0.15, -0.1) is 0 Å². The van der Waals surface area contributed by atoms with Gasteiger partial charge in [0.1, 0.15) is 5.75 Å². The van der Waals surface area contributed by atoms with Crippen molar-refractivity contribution in [3.63, 3.8) is 0 Å². The molecule has 0 atom stereocenters. The van der Waals surface area contributed by atoms with E-state index in [1.807, 2.05) is 26.0 Å². The lowest BCUT2D eigenvalue weighted by atomic mass is 9.99. The van der Waals surface area contributed by atoms with Crippen LogP contribution in [0.2, 0.25) is 0 Å². The molecule has 1 heterocycles. The van der Waals surface area contributed by atoms with Crippen molar-refractivity contribution in [1.82, 2.24) is 10.2 Å². The van der Waals surface area contributed by atoms with Gasteiger partial charge in [0.05, 0.1) is 6.54 Å². The molecule has 0 saturated heterocycles. The summed E-state index contributed by atoms with van der Waals surface area (Å²) >= 11 is 0. The van der Waals surface area contributed by atoms with Crippen LogP contribution in [0.5, 0.6) is 5.75 Å². The summed E-state index contributed by atoms with van der Waals surface area (Å²) < 4.78 is 0. The maximum absolute atomic E-state index is 12.1. The number of benzene rings is 1. The molecule has 1 amide bonds. The Hall–Kier alpha value is -1.81. The Kier molecular flexibility index (Phi) is 5.24. The molecule has 0 fully saturated rings. The first kappa shape index (κ1) is 16.6. The van der Waals surface area contributed by atoms with E-state index in [-0.39, 0.29) is 17.2 Å². The van der Waals surface area contributed by atoms with E-state index >= 15 is 0 Å². The third kappa shape index (κ3) is 4.60. The number of phenols is 1. The second-order valence-electron chi connectivity index (χ2n) is 6.55. The number of amides is 1. The summed E-state index contributed by atoms with van der Waals surface area (Å²) in [4.78, 5) is 14.2. The van der Waals surface area contributed by atoms with Crippen molar-refractivity contribution >= 4 is 11.5 Å². The van der Waals surface area contributed by atoms with E-state index in [1.165, 1.54) is 5.57 Å². The minimum absolute atomic E-state index is 0.0910. The molecule has 0 spiro atoms. The molecule has 1 aliphatic rings. The number of rotatable bonds is 5. The van der Waals surface area contributed by atoms with Crippen LogP contribution in [0, 0.1) is 0 Å². The smallest absolute Gasteiger partial charge is 0.234 e. The number of carbonyl (C=O) groups is 1. The Morgan fingerprint density at radius 1 is 1.32 bits per heavy atom. The van der Waals surface area contributed by atoms with E-state index in [9.17, 15) is 9.90 Å². The largest absolute Gasteiger partial charge is 0.508 e. The van der Waals surface area contributed by atoms with Crippen molar-refractivity contribution in [2.45, 2.75) is 39.2 Å². The second kappa shape index (κ2) is 6.97. The third-order valence-corrected chi connectivity index (χ3v) is 4.26. The van der Waals surface area contributed by atoms with Crippen LogP contribution in [0.15, 0.2) is 30.3 Å². The summed E-state index contributed by atoms with van der Waals surface area (Å²) in [5, 5.41) is 12.4. The molecule has 0 radical (unpaired) electrons. The van der Waals surface area contributed by atoms with E-state index in [2.05, 4.69) is 23.2 Å². The van der Waals surface area contributed by atoms with Gasteiger partial charge in [-0.3, -0.25) is 9.69 Å². The third-order valence-electron chi connectivity index (χ3n) is 4.26. The van der Waals surface area contributed by atoms with Gasteiger partial charge < -0.3 is 10.4 Å². The molecule has 0 bridgehead atoms. The Morgan fingerprint density at radius 3 is 2.55 bits per heavy atom. The normalized spacial score (nSPS) is 16.2. The van der Waals surface area contributed by atoms with Crippen molar-refractivity contribution in [3.05, 3.63) is 35.9 Å². The van der Waals surface area contributed by atoms with Crippen LogP contribution < -0.4 is 5.32 Å². The van der Waals surface area contributed by atoms with E-state index < -0.39 is 0 Å². The predicted molar refractivity (Wildman–Crippen MR) is 89.7 cm³/mol. The predicted octanol–water partition coefficient (Wildman–Crippen LogP) is 2.79. The molecule has 0 unspecified atom stereocenters. The van der Waals surface area contributed by atoms with Crippen molar-refractivity contribution in [2.24, 2.45) is 0 Å². The van der Waals surface area contributed by atoms with E-state index in [1.54, 1.807) is 12.1 Å². The van der Waals surface area contributed by atoms with Crippen LogP contribution >= 0.6 is 0 Å². The van der Waals surface area contributed by atoms with Gasteiger partial charge in [0.2, 0.25) is 5.91 Å². The molecule has 0 saturated carbocycles. The van der Waals surface area contributed by atoms with Crippen LogP contribution in [-0.2, 0) is 4.79 Å². The number of carbonyl (C=O) groups excluding carboxylic acids is 1. The highest BCUT2D eigenvalue weighted by Crippen LogP contribution is 2.23. The number of hydrogen-bond acceptors (Lipinski definition) is 3. The lowest BCUT2D eigenvalue weighted by Gasteiger charge is -2.29. The standard InChI is InChI=1S/C18H26N2O2/c1-4-18(2,3)19-17(22)13-20-11-9-15(10-12-20)14-5-7-16(21)8-6-14/h5-9,21H,4,10-13H2,1-3H3,(H,19,22). The fraction of sp³-hybridized carbons (Fsp3) is 0.500. The molecule has 2 rings (SSSR count). The Balaban J connectivity index is 1.88. The Labute approximate surface area is 132 Å². The number of aromatic hydroxyl groups is 1. The zero-order chi connectivity index (χ0) is 16.2. The molecular formula is C18H26N2O2. The van der Waals surface area contributed by atoms with Crippen LogP contribution in [0.25, 0.3) is 5.57 Å². The zero-order valence-corrected chi connectivity index (χ0v) is 13.7. The van der Waals surface area contributed by atoms with Gasteiger partial charge in [0.25, 0.3) is 0 Å². The average molecular weight is 302 g/mol. The number of hydrogen-bond donors (Lipinski definition) is 2. The van der Waals surface area contributed by atoms with Gasteiger partial charge in [-0.25, -0.2) is 0 Å². The molecule has 4 nitrogen and oxygen atoms in total. The molecule has 1 aliphatic heterocycles. The fourth-order valence-electron chi connectivity index (χ4n) is 2.50. The highest BCUT2D eigenvalue weighted by Gasteiger charge is 2.20. The molecule has 120 valence electrons. The minimum Gasteiger partial charge on any atom is -0.508 e. The zero-order valence-electron chi connectivity index (χ0n) is 13.7. The lowest BCUT2D eigenvalue weighted by molar-refractivity contribution is -0.123. The first-order valence-electron chi connectivity index (χ1n) is 7.91. The van der Waals surface area contributed by atoms with Crippen LogP contribution in [0.3, 0.4) is 0 Å².